The summed E-state index contributed by atoms with van der Waals surface area (Å²) in [5.74, 6) is -28.8. The lowest BCUT2D eigenvalue weighted by Crippen LogP contribution is -2.68. The Morgan fingerprint density at radius 1 is 0.727 bits per heavy atom. The van der Waals surface area contributed by atoms with E-state index < -0.39 is 52.2 Å². The van der Waals surface area contributed by atoms with Crippen molar-refractivity contribution in [3.05, 3.63) is 0 Å². The molecule has 0 rings (SSSR count). The Balaban J connectivity index is 6.23. The van der Waals surface area contributed by atoms with Crippen molar-refractivity contribution < 1.29 is 61.3 Å². The summed E-state index contributed by atoms with van der Waals surface area (Å²) >= 11 is 0. The van der Waals surface area contributed by atoms with Gasteiger partial charge >= 0.3 is 39.1 Å². The first kappa shape index (κ1) is 21.1. The van der Waals surface area contributed by atoms with Crippen LogP contribution in [0, 0.1) is 0 Å². The quantitative estimate of drug-likeness (QED) is 0.546. The Hall–Kier alpha value is -0.860. The Morgan fingerprint density at radius 3 is 1.36 bits per heavy atom. The summed E-state index contributed by atoms with van der Waals surface area (Å²) < 4.78 is 167. The summed E-state index contributed by atoms with van der Waals surface area (Å²) in [6.45, 7) is -2.40. The van der Waals surface area contributed by atoms with Gasteiger partial charge in [-0.1, -0.05) is 0 Å². The van der Waals surface area contributed by atoms with Crippen molar-refractivity contribution in [2.75, 3.05) is 6.67 Å². The molecule has 15 heteroatoms. The van der Waals surface area contributed by atoms with Gasteiger partial charge in [-0.2, -0.15) is 52.3 Å². The fraction of sp³-hybridized carbons (Fsp3) is 1.00. The molecule has 0 radical (unpaired) electrons. The van der Waals surface area contributed by atoms with E-state index in [1.807, 2.05) is 0 Å². The minimum absolute atomic E-state index is 2.40. The average molecular weight is 378 g/mol. The second-order valence-corrected chi connectivity index (χ2v) is 5.32. The van der Waals surface area contributed by atoms with Crippen LogP contribution in [0.3, 0.4) is 0 Å². The zero-order valence-electron chi connectivity index (χ0n) is 9.74. The molecule has 0 aromatic heterocycles. The van der Waals surface area contributed by atoms with E-state index in [2.05, 4.69) is 0 Å². The van der Waals surface area contributed by atoms with E-state index in [1.54, 1.807) is 0 Å². The van der Waals surface area contributed by atoms with Crippen molar-refractivity contribution in [1.82, 2.24) is 0 Å². The molecular formula is C7H5F11O3S. The van der Waals surface area contributed by atoms with Gasteiger partial charge in [-0.05, 0) is 0 Å². The summed E-state index contributed by atoms with van der Waals surface area (Å²) in [5.41, 5.74) is 0. The molecule has 1 N–H and O–H groups in total. The maximum Gasteiger partial charge on any atom is 0.438 e. The summed E-state index contributed by atoms with van der Waals surface area (Å²) in [7, 11) is -7.38. The monoisotopic (exact) mass is 378 g/mol. The summed E-state index contributed by atoms with van der Waals surface area (Å²) in [5, 5.41) is -7.22. The van der Waals surface area contributed by atoms with Crippen molar-refractivity contribution in [3.63, 3.8) is 0 Å². The average Bonchev–Trinajstić information content (AvgIpc) is 2.26. The van der Waals surface area contributed by atoms with Crippen molar-refractivity contribution in [2.45, 2.75) is 35.4 Å². The number of hydrogen-bond donors (Lipinski definition) is 1. The standard InChI is InChI=1S/C7H5F11O3S/c8-2-1-3(9,10)4(11,12)5(13,14)6(15,16)7(17,18)22(19,20)21/h1-2H2,(H,19,20,21). The van der Waals surface area contributed by atoms with Crippen LogP contribution >= 0.6 is 0 Å². The molecule has 0 heterocycles. The van der Waals surface area contributed by atoms with Crippen LogP contribution < -0.4 is 0 Å². The summed E-state index contributed by atoms with van der Waals surface area (Å²) in [6, 6.07) is 0. The van der Waals surface area contributed by atoms with E-state index >= 15 is 0 Å². The van der Waals surface area contributed by atoms with Crippen LogP contribution in [0.4, 0.5) is 48.3 Å². The lowest BCUT2D eigenvalue weighted by Gasteiger charge is -2.38. The van der Waals surface area contributed by atoms with Gasteiger partial charge in [-0.25, -0.2) is 0 Å². The first-order valence-electron chi connectivity index (χ1n) is 4.73. The smallest absolute Gasteiger partial charge is 0.281 e. The second-order valence-electron chi connectivity index (χ2n) is 3.86. The van der Waals surface area contributed by atoms with Crippen molar-refractivity contribution >= 4 is 10.1 Å². The molecule has 0 amide bonds. The van der Waals surface area contributed by atoms with Gasteiger partial charge in [-0.3, -0.25) is 8.94 Å². The molecule has 0 spiro atoms. The lowest BCUT2D eigenvalue weighted by molar-refractivity contribution is -0.390. The zero-order valence-corrected chi connectivity index (χ0v) is 10.6. The number of hydrogen-bond acceptors (Lipinski definition) is 2. The molecule has 22 heavy (non-hydrogen) atoms. The summed E-state index contributed by atoms with van der Waals surface area (Å²) in [6.07, 6.45) is -2.73. The molecule has 0 aliphatic heterocycles. The fourth-order valence-electron chi connectivity index (χ4n) is 1.05. The van der Waals surface area contributed by atoms with Gasteiger partial charge in [0.2, 0.25) is 0 Å². The molecule has 134 valence electrons. The zero-order chi connectivity index (χ0) is 18.4. The molecule has 0 saturated heterocycles. The van der Waals surface area contributed by atoms with Crippen LogP contribution in [0.25, 0.3) is 0 Å². The molecule has 0 atom stereocenters. The van der Waals surface area contributed by atoms with E-state index in [0.717, 1.165) is 0 Å². The van der Waals surface area contributed by atoms with Crippen LogP contribution in [0.15, 0.2) is 0 Å². The van der Waals surface area contributed by atoms with E-state index in [4.69, 9.17) is 4.55 Å². The Kier molecular flexibility index (Phi) is 5.14. The topological polar surface area (TPSA) is 54.4 Å². The number of rotatable bonds is 7. The van der Waals surface area contributed by atoms with Gasteiger partial charge < -0.3 is 0 Å². The highest BCUT2D eigenvalue weighted by Crippen LogP contribution is 2.58. The van der Waals surface area contributed by atoms with E-state index in [-0.39, 0.29) is 0 Å². The van der Waals surface area contributed by atoms with Gasteiger partial charge in [0.05, 0.1) is 6.67 Å². The van der Waals surface area contributed by atoms with Gasteiger partial charge in [-0.15, -0.1) is 0 Å². The summed E-state index contributed by atoms with van der Waals surface area (Å²) in [4.78, 5) is 0. The van der Waals surface area contributed by atoms with E-state index in [1.165, 1.54) is 0 Å². The van der Waals surface area contributed by atoms with Gasteiger partial charge in [0.15, 0.2) is 0 Å². The van der Waals surface area contributed by atoms with E-state index in [0.29, 0.717) is 0 Å². The normalized spacial score (nSPS) is 16.0. The van der Waals surface area contributed by atoms with Gasteiger partial charge in [0.1, 0.15) is 0 Å². The van der Waals surface area contributed by atoms with Crippen molar-refractivity contribution in [2.24, 2.45) is 0 Å². The highest BCUT2D eigenvalue weighted by atomic mass is 32.2. The number of halogens is 11. The highest BCUT2D eigenvalue weighted by molar-refractivity contribution is 7.87. The first-order chi connectivity index (χ1) is 9.31. The Morgan fingerprint density at radius 2 is 1.09 bits per heavy atom. The third kappa shape index (κ3) is 2.72. The molecule has 0 aliphatic carbocycles. The molecule has 0 aliphatic rings. The molecule has 0 aromatic rings. The van der Waals surface area contributed by atoms with E-state index in [9.17, 15) is 56.7 Å². The van der Waals surface area contributed by atoms with Crippen molar-refractivity contribution in [3.8, 4) is 0 Å². The highest BCUT2D eigenvalue weighted by Gasteiger charge is 2.88. The molecule has 0 unspecified atom stereocenters. The van der Waals surface area contributed by atoms with Crippen LogP contribution in [0.1, 0.15) is 6.42 Å². The fourth-order valence-corrected chi connectivity index (χ4v) is 1.50. The molecule has 0 fully saturated rings. The molecule has 0 saturated carbocycles. The predicted octanol–water partition coefficient (Wildman–Crippen LogP) is 3.37. The maximum atomic E-state index is 12.9. The minimum atomic E-state index is -7.65. The van der Waals surface area contributed by atoms with Gasteiger partial charge in [0, 0.05) is 6.42 Å². The third-order valence-corrected chi connectivity index (χ3v) is 3.25. The predicted molar refractivity (Wildman–Crippen MR) is 46.9 cm³/mol. The molecular weight excluding hydrogens is 373 g/mol. The molecule has 3 nitrogen and oxygen atoms in total. The second kappa shape index (κ2) is 5.35. The van der Waals surface area contributed by atoms with Crippen LogP contribution in [-0.4, -0.2) is 48.6 Å². The maximum absolute atomic E-state index is 12.9. The van der Waals surface area contributed by atoms with Crippen LogP contribution in [0.5, 0.6) is 0 Å². The Labute approximate surface area is 114 Å². The van der Waals surface area contributed by atoms with Crippen LogP contribution in [0.2, 0.25) is 0 Å². The largest absolute Gasteiger partial charge is 0.438 e. The van der Waals surface area contributed by atoms with Gasteiger partial charge in [0.25, 0.3) is 0 Å². The van der Waals surface area contributed by atoms with Crippen LogP contribution in [-0.2, 0) is 10.1 Å². The first-order valence-corrected chi connectivity index (χ1v) is 6.17. The third-order valence-electron chi connectivity index (χ3n) is 2.35. The molecule has 0 aromatic carbocycles. The SMILES string of the molecule is O=S(=O)(O)C(F)(F)C(F)(F)C(F)(F)C(F)(F)C(F)(F)CCF. The minimum Gasteiger partial charge on any atom is -0.281 e. The molecule has 0 bridgehead atoms. The Bertz CT molecular complexity index is 512. The lowest BCUT2D eigenvalue weighted by atomic mass is 9.97. The van der Waals surface area contributed by atoms with Crippen molar-refractivity contribution in [1.29, 1.82) is 0 Å². The number of alkyl halides is 11.